The quantitative estimate of drug-likeness (QED) is 0.171. The molecule has 0 bridgehead atoms. The Labute approximate surface area is 237 Å². The van der Waals surface area contributed by atoms with Gasteiger partial charge in [0.05, 0.1) is 29.8 Å². The van der Waals surface area contributed by atoms with Crippen LogP contribution in [0.4, 0.5) is 4.39 Å². The number of fused-ring (bicyclic) bond motifs is 1. The summed E-state index contributed by atoms with van der Waals surface area (Å²) in [6.07, 6.45) is 3.96. The predicted molar refractivity (Wildman–Crippen MR) is 154 cm³/mol. The van der Waals surface area contributed by atoms with Gasteiger partial charge in [0.2, 0.25) is 5.89 Å². The maximum Gasteiger partial charge on any atom is 0.201 e. The smallest absolute Gasteiger partial charge is 0.201 e. The molecule has 1 aliphatic carbocycles. The third-order valence-electron chi connectivity index (χ3n) is 7.98. The van der Waals surface area contributed by atoms with E-state index in [2.05, 4.69) is 4.98 Å². The Morgan fingerprint density at radius 1 is 0.976 bits per heavy atom. The molecule has 0 radical (unpaired) electrons. The number of furan rings is 1. The van der Waals surface area contributed by atoms with Crippen LogP contribution in [-0.2, 0) is 5.41 Å². The van der Waals surface area contributed by atoms with E-state index >= 15 is 0 Å². The number of aromatic nitrogens is 1. The molecule has 0 saturated heterocycles. The number of carbonyl (C=O) groups excluding carboxylic acids is 2. The molecule has 0 N–H and O–H groups in total. The Morgan fingerprint density at radius 2 is 1.71 bits per heavy atom. The van der Waals surface area contributed by atoms with Gasteiger partial charge in [-0.25, -0.2) is 9.37 Å². The van der Waals surface area contributed by atoms with Crippen LogP contribution in [0.1, 0.15) is 70.5 Å². The lowest BCUT2D eigenvalue weighted by Crippen LogP contribution is -2.15. The molecule has 1 saturated carbocycles. The zero-order valence-corrected chi connectivity index (χ0v) is 23.5. The van der Waals surface area contributed by atoms with Crippen molar-refractivity contribution in [2.45, 2.75) is 51.9 Å². The number of ketones is 2. The Hall–Kier alpha value is -4.52. The van der Waals surface area contributed by atoms with Gasteiger partial charge in [-0.2, -0.15) is 0 Å². The molecular weight excluding hydrogens is 521 g/mol. The molecule has 41 heavy (non-hydrogen) atoms. The van der Waals surface area contributed by atoms with Crippen molar-refractivity contribution in [3.63, 3.8) is 0 Å². The van der Waals surface area contributed by atoms with E-state index in [1.165, 1.54) is 12.1 Å². The minimum absolute atomic E-state index is 0.0405. The van der Waals surface area contributed by atoms with Gasteiger partial charge in [0, 0.05) is 23.8 Å². The highest BCUT2D eigenvalue weighted by atomic mass is 19.1. The van der Waals surface area contributed by atoms with Crippen LogP contribution in [-0.4, -0.2) is 23.7 Å². The maximum atomic E-state index is 13.7. The van der Waals surface area contributed by atoms with Crippen molar-refractivity contribution >= 4 is 22.5 Å². The van der Waals surface area contributed by atoms with E-state index in [1.807, 2.05) is 44.2 Å². The first-order chi connectivity index (χ1) is 19.7. The SMILES string of the molecule is CCC(=O)c1c(-c2ccc(F)cc2)oc2ccc(-c3cc(C(=O)CC4(c5ncc(C)o5)CC4)c(OC)cc3C)cc12. The largest absolute Gasteiger partial charge is 0.496 e. The fourth-order valence-corrected chi connectivity index (χ4v) is 5.52. The minimum Gasteiger partial charge on any atom is -0.496 e. The molecule has 0 spiro atoms. The molecule has 0 unspecified atom stereocenters. The van der Waals surface area contributed by atoms with Crippen molar-refractivity contribution in [2.24, 2.45) is 0 Å². The summed E-state index contributed by atoms with van der Waals surface area (Å²) in [7, 11) is 1.56. The van der Waals surface area contributed by atoms with Gasteiger partial charge in [-0.05, 0) is 91.9 Å². The molecule has 0 amide bonds. The number of benzene rings is 3. The Balaban J connectivity index is 1.43. The number of aryl methyl sites for hydroxylation is 2. The van der Waals surface area contributed by atoms with Gasteiger partial charge in [-0.1, -0.05) is 13.0 Å². The zero-order valence-electron chi connectivity index (χ0n) is 23.5. The lowest BCUT2D eigenvalue weighted by atomic mass is 9.90. The fraction of sp³-hybridized carbons (Fsp3) is 0.265. The second kappa shape index (κ2) is 10.1. The number of methoxy groups -OCH3 is 1. The number of halogens is 1. The summed E-state index contributed by atoms with van der Waals surface area (Å²) < 4.78 is 31.2. The monoisotopic (exact) mass is 551 g/mol. The van der Waals surface area contributed by atoms with Crippen LogP contribution in [0.15, 0.2) is 69.6 Å². The molecule has 7 heteroatoms. The average Bonchev–Trinajstić information content (AvgIpc) is 3.44. The van der Waals surface area contributed by atoms with Crippen LogP contribution >= 0.6 is 0 Å². The lowest BCUT2D eigenvalue weighted by molar-refractivity contribution is 0.0959. The molecule has 1 fully saturated rings. The van der Waals surface area contributed by atoms with Crippen molar-refractivity contribution in [3.8, 4) is 28.2 Å². The highest BCUT2D eigenvalue weighted by Gasteiger charge is 2.50. The molecule has 2 aromatic heterocycles. The van der Waals surface area contributed by atoms with Crippen molar-refractivity contribution in [1.82, 2.24) is 4.98 Å². The van der Waals surface area contributed by atoms with Gasteiger partial charge in [-0.3, -0.25) is 9.59 Å². The van der Waals surface area contributed by atoms with E-state index in [1.54, 1.807) is 32.4 Å². The third kappa shape index (κ3) is 4.75. The topological polar surface area (TPSA) is 82.5 Å². The lowest BCUT2D eigenvalue weighted by Gasteiger charge is -2.16. The second-order valence-electron chi connectivity index (χ2n) is 10.8. The first-order valence-corrected chi connectivity index (χ1v) is 13.7. The van der Waals surface area contributed by atoms with Crippen LogP contribution in [0.2, 0.25) is 0 Å². The van der Waals surface area contributed by atoms with E-state index in [4.69, 9.17) is 13.6 Å². The normalized spacial score (nSPS) is 13.9. The van der Waals surface area contributed by atoms with Gasteiger partial charge in [0.25, 0.3) is 0 Å². The van der Waals surface area contributed by atoms with Crippen LogP contribution in [0.25, 0.3) is 33.4 Å². The second-order valence-corrected chi connectivity index (χ2v) is 10.8. The van der Waals surface area contributed by atoms with E-state index in [9.17, 15) is 14.0 Å². The summed E-state index contributed by atoms with van der Waals surface area (Å²) in [5.74, 6) is 1.81. The Kier molecular flexibility index (Phi) is 6.60. The van der Waals surface area contributed by atoms with Crippen LogP contribution in [0, 0.1) is 19.7 Å². The molecule has 0 aliphatic heterocycles. The molecule has 208 valence electrons. The predicted octanol–water partition coefficient (Wildman–Crippen LogP) is 8.42. The van der Waals surface area contributed by atoms with Crippen molar-refractivity contribution in [1.29, 1.82) is 0 Å². The first kappa shape index (κ1) is 26.7. The van der Waals surface area contributed by atoms with Gasteiger partial charge < -0.3 is 13.6 Å². The number of Topliss-reactive ketones (excluding diaryl/α,β-unsaturated/α-hetero) is 2. The van der Waals surface area contributed by atoms with Crippen molar-refractivity contribution in [2.75, 3.05) is 7.11 Å². The van der Waals surface area contributed by atoms with Crippen molar-refractivity contribution < 1.29 is 27.6 Å². The van der Waals surface area contributed by atoms with Gasteiger partial charge >= 0.3 is 0 Å². The number of rotatable bonds is 9. The Morgan fingerprint density at radius 3 is 2.34 bits per heavy atom. The number of hydrogen-bond donors (Lipinski definition) is 0. The van der Waals surface area contributed by atoms with Gasteiger partial charge in [0.1, 0.15) is 28.7 Å². The van der Waals surface area contributed by atoms with Gasteiger partial charge in [0.15, 0.2) is 11.6 Å². The number of carbonyl (C=O) groups is 2. The van der Waals surface area contributed by atoms with Crippen LogP contribution in [0.3, 0.4) is 0 Å². The fourth-order valence-electron chi connectivity index (χ4n) is 5.52. The minimum atomic E-state index is -0.372. The van der Waals surface area contributed by atoms with Crippen LogP contribution < -0.4 is 4.74 Å². The molecule has 2 heterocycles. The number of hydrogen-bond acceptors (Lipinski definition) is 6. The Bertz CT molecular complexity index is 1810. The third-order valence-corrected chi connectivity index (χ3v) is 7.98. The summed E-state index contributed by atoms with van der Waals surface area (Å²) >= 11 is 0. The summed E-state index contributed by atoms with van der Waals surface area (Å²) in [6, 6.07) is 15.3. The van der Waals surface area contributed by atoms with Crippen LogP contribution in [0.5, 0.6) is 5.75 Å². The molecule has 1 aliphatic rings. The van der Waals surface area contributed by atoms with E-state index in [0.717, 1.165) is 35.3 Å². The first-order valence-electron chi connectivity index (χ1n) is 13.7. The number of nitrogens with zero attached hydrogens (tertiary/aromatic N) is 1. The van der Waals surface area contributed by atoms with E-state index in [0.29, 0.717) is 51.5 Å². The average molecular weight is 552 g/mol. The highest BCUT2D eigenvalue weighted by molar-refractivity contribution is 6.13. The standard InChI is InChI=1S/C34H30FNO5/c1-5-27(37)31-26-15-22(8-11-29(26)41-32(31)21-6-9-23(35)10-7-21)24-16-25(30(39-4)14-19(24)2)28(38)17-34(12-13-34)33-36-18-20(3)40-33/h6-11,14-16,18H,5,12-13,17H2,1-4H3. The molecular formula is C34H30FNO5. The zero-order chi connectivity index (χ0) is 28.9. The van der Waals surface area contributed by atoms with Crippen molar-refractivity contribution in [3.05, 3.63) is 95.0 Å². The maximum absolute atomic E-state index is 13.7. The molecule has 5 aromatic rings. The molecule has 0 atom stereocenters. The summed E-state index contributed by atoms with van der Waals surface area (Å²) in [5.41, 5.74) is 4.40. The summed E-state index contributed by atoms with van der Waals surface area (Å²) in [6.45, 7) is 5.62. The highest BCUT2D eigenvalue weighted by Crippen LogP contribution is 2.51. The number of oxazole rings is 1. The molecule has 3 aromatic carbocycles. The molecule has 6 rings (SSSR count). The van der Waals surface area contributed by atoms with E-state index in [-0.39, 0.29) is 29.2 Å². The van der Waals surface area contributed by atoms with Gasteiger partial charge in [-0.15, -0.1) is 0 Å². The molecule has 6 nitrogen and oxygen atoms in total. The van der Waals surface area contributed by atoms with E-state index < -0.39 is 0 Å². The summed E-state index contributed by atoms with van der Waals surface area (Å²) in [5, 5.41) is 0.674. The summed E-state index contributed by atoms with van der Waals surface area (Å²) in [4.78, 5) is 31.2. The number of ether oxygens (including phenoxy) is 1.